The van der Waals surface area contributed by atoms with Crippen molar-refractivity contribution in [1.82, 2.24) is 9.97 Å². The van der Waals surface area contributed by atoms with Crippen molar-refractivity contribution >= 4 is 23.2 Å². The van der Waals surface area contributed by atoms with Gasteiger partial charge in [-0.05, 0) is 66.7 Å². The fourth-order valence-electron chi connectivity index (χ4n) is 2.88. The molecule has 8 heteroatoms. The van der Waals surface area contributed by atoms with Crippen molar-refractivity contribution in [2.45, 2.75) is 0 Å². The van der Waals surface area contributed by atoms with Gasteiger partial charge >= 0.3 is 0 Å². The van der Waals surface area contributed by atoms with Gasteiger partial charge in [-0.3, -0.25) is 4.79 Å². The van der Waals surface area contributed by atoms with E-state index in [1.54, 1.807) is 66.9 Å². The molecule has 0 fully saturated rings. The van der Waals surface area contributed by atoms with Gasteiger partial charge in [0.1, 0.15) is 17.3 Å². The van der Waals surface area contributed by atoms with E-state index in [1.807, 2.05) is 0 Å². The number of halogens is 2. The average Bonchev–Trinajstić information content (AvgIpc) is 2.80. The Morgan fingerprint density at radius 2 is 1.75 bits per heavy atom. The number of methoxy groups -OCH3 is 1. The lowest BCUT2D eigenvalue weighted by atomic mass is 10.2. The summed E-state index contributed by atoms with van der Waals surface area (Å²) in [5, 5.41) is 3.18. The molecule has 0 aliphatic heterocycles. The summed E-state index contributed by atoms with van der Waals surface area (Å²) >= 11 is 6.09. The number of carbonyl (C=O) groups is 1. The fraction of sp³-hybridized carbons (Fsp3) is 0.0417. The van der Waals surface area contributed by atoms with Crippen molar-refractivity contribution in [3.8, 4) is 28.8 Å². The lowest BCUT2D eigenvalue weighted by Crippen LogP contribution is -2.11. The van der Waals surface area contributed by atoms with Crippen molar-refractivity contribution in [2.75, 3.05) is 12.4 Å². The highest BCUT2D eigenvalue weighted by molar-refractivity contribution is 6.32. The predicted octanol–water partition coefficient (Wildman–Crippen LogP) is 5.99. The van der Waals surface area contributed by atoms with Crippen LogP contribution in [0.3, 0.4) is 0 Å². The lowest BCUT2D eigenvalue weighted by Gasteiger charge is -2.09. The van der Waals surface area contributed by atoms with Crippen molar-refractivity contribution in [3.05, 3.63) is 95.4 Å². The maximum absolute atomic E-state index is 13.1. The zero-order valence-electron chi connectivity index (χ0n) is 16.9. The Balaban J connectivity index is 1.44. The summed E-state index contributed by atoms with van der Waals surface area (Å²) in [6.45, 7) is 0. The number of nitrogens with zero attached hydrogens (tertiary/aromatic N) is 2. The van der Waals surface area contributed by atoms with Crippen LogP contribution in [0.5, 0.6) is 17.4 Å². The smallest absolute Gasteiger partial charge is 0.255 e. The molecule has 0 spiro atoms. The standard InChI is InChI=1S/C24H17ClFN3O3/c1-31-21-11-8-18(14-20(21)25)28-24(30)16-4-9-19(10-5-16)32-22-12-13-27-23(29-22)15-2-6-17(26)7-3-15/h2-14H,1H3,(H,28,30). The molecule has 0 aliphatic rings. The van der Waals surface area contributed by atoms with Crippen molar-refractivity contribution < 1.29 is 18.7 Å². The van der Waals surface area contributed by atoms with Crippen LogP contribution in [0.4, 0.5) is 10.1 Å². The molecular formula is C24H17ClFN3O3. The zero-order valence-corrected chi connectivity index (χ0v) is 17.6. The summed E-state index contributed by atoms with van der Waals surface area (Å²) < 4.78 is 24.0. The number of benzene rings is 3. The first-order valence-corrected chi connectivity index (χ1v) is 9.91. The van der Waals surface area contributed by atoms with Crippen LogP contribution in [0, 0.1) is 5.82 Å². The van der Waals surface area contributed by atoms with Crippen LogP contribution in [-0.4, -0.2) is 23.0 Å². The maximum Gasteiger partial charge on any atom is 0.255 e. The molecule has 1 aromatic heterocycles. The van der Waals surface area contributed by atoms with E-state index in [1.165, 1.54) is 19.2 Å². The summed E-state index contributed by atoms with van der Waals surface area (Å²) in [5.41, 5.74) is 1.66. The summed E-state index contributed by atoms with van der Waals surface area (Å²) in [6.07, 6.45) is 1.56. The maximum atomic E-state index is 13.1. The highest BCUT2D eigenvalue weighted by Crippen LogP contribution is 2.28. The van der Waals surface area contributed by atoms with Crippen LogP contribution in [-0.2, 0) is 0 Å². The quantitative estimate of drug-likeness (QED) is 0.391. The highest BCUT2D eigenvalue weighted by Gasteiger charge is 2.10. The van der Waals surface area contributed by atoms with E-state index in [0.717, 1.165) is 0 Å². The van der Waals surface area contributed by atoms with Gasteiger partial charge < -0.3 is 14.8 Å². The summed E-state index contributed by atoms with van der Waals surface area (Å²) in [7, 11) is 1.52. The van der Waals surface area contributed by atoms with E-state index >= 15 is 0 Å². The molecule has 4 aromatic rings. The van der Waals surface area contributed by atoms with Gasteiger partial charge in [0.25, 0.3) is 5.91 Å². The van der Waals surface area contributed by atoms with Gasteiger partial charge in [0, 0.05) is 29.1 Å². The average molecular weight is 450 g/mol. The van der Waals surface area contributed by atoms with Crippen LogP contribution in [0.15, 0.2) is 79.0 Å². The Labute approximate surface area is 188 Å². The highest BCUT2D eigenvalue weighted by atomic mass is 35.5. The third-order valence-corrected chi connectivity index (χ3v) is 4.78. The van der Waals surface area contributed by atoms with Crippen LogP contribution in [0.2, 0.25) is 5.02 Å². The first-order valence-electron chi connectivity index (χ1n) is 9.53. The zero-order chi connectivity index (χ0) is 22.5. The van der Waals surface area contributed by atoms with Crippen molar-refractivity contribution in [3.63, 3.8) is 0 Å². The Morgan fingerprint density at radius 3 is 2.44 bits per heavy atom. The van der Waals surface area contributed by atoms with Crippen LogP contribution < -0.4 is 14.8 Å². The molecule has 32 heavy (non-hydrogen) atoms. The number of anilines is 1. The molecule has 0 atom stereocenters. The molecule has 0 aliphatic carbocycles. The molecule has 1 heterocycles. The first-order chi connectivity index (χ1) is 15.5. The fourth-order valence-corrected chi connectivity index (χ4v) is 3.14. The number of nitrogens with one attached hydrogen (secondary N) is 1. The molecular weight excluding hydrogens is 433 g/mol. The van der Waals surface area contributed by atoms with Crippen molar-refractivity contribution in [2.24, 2.45) is 0 Å². The number of ether oxygens (including phenoxy) is 2. The van der Waals surface area contributed by atoms with Crippen molar-refractivity contribution in [1.29, 1.82) is 0 Å². The largest absolute Gasteiger partial charge is 0.495 e. The van der Waals surface area contributed by atoms with Gasteiger partial charge in [0.2, 0.25) is 5.88 Å². The minimum absolute atomic E-state index is 0.293. The molecule has 0 bridgehead atoms. The summed E-state index contributed by atoms with van der Waals surface area (Å²) in [4.78, 5) is 21.0. The lowest BCUT2D eigenvalue weighted by molar-refractivity contribution is 0.102. The van der Waals surface area contributed by atoms with Gasteiger partial charge in [-0.25, -0.2) is 9.37 Å². The molecule has 0 saturated carbocycles. The number of rotatable bonds is 6. The van der Waals surface area contributed by atoms with E-state index in [9.17, 15) is 9.18 Å². The summed E-state index contributed by atoms with van der Waals surface area (Å²) in [6, 6.07) is 19.1. The van der Waals surface area contributed by atoms with E-state index in [2.05, 4.69) is 15.3 Å². The van der Waals surface area contributed by atoms with Gasteiger partial charge in [-0.15, -0.1) is 0 Å². The first kappa shape index (κ1) is 21.3. The number of carbonyl (C=O) groups excluding carboxylic acids is 1. The van der Waals surface area contributed by atoms with Gasteiger partial charge in [0.15, 0.2) is 5.82 Å². The molecule has 0 unspecified atom stereocenters. The summed E-state index contributed by atoms with van der Waals surface area (Å²) in [5.74, 6) is 1.14. The van der Waals surface area contributed by atoms with E-state index < -0.39 is 0 Å². The normalized spacial score (nSPS) is 10.5. The third kappa shape index (κ3) is 5.01. The molecule has 4 rings (SSSR count). The van der Waals surface area contributed by atoms with Crippen LogP contribution in [0.25, 0.3) is 11.4 Å². The Hall–Kier alpha value is -3.97. The molecule has 160 valence electrons. The van der Waals surface area contributed by atoms with E-state index in [4.69, 9.17) is 21.1 Å². The Bertz CT molecular complexity index is 1250. The minimum Gasteiger partial charge on any atom is -0.495 e. The molecule has 6 nitrogen and oxygen atoms in total. The Kier molecular flexibility index (Phi) is 6.28. The van der Waals surface area contributed by atoms with Gasteiger partial charge in [-0.2, -0.15) is 4.98 Å². The third-order valence-electron chi connectivity index (χ3n) is 4.48. The topological polar surface area (TPSA) is 73.3 Å². The monoisotopic (exact) mass is 449 g/mol. The number of hydrogen-bond donors (Lipinski definition) is 1. The molecule has 0 saturated heterocycles. The number of amides is 1. The minimum atomic E-state index is -0.333. The SMILES string of the molecule is COc1ccc(NC(=O)c2ccc(Oc3ccnc(-c4ccc(F)cc4)n3)cc2)cc1Cl. The van der Waals surface area contributed by atoms with Crippen LogP contribution >= 0.6 is 11.6 Å². The molecule has 1 amide bonds. The van der Waals surface area contributed by atoms with Gasteiger partial charge in [0.05, 0.1) is 12.1 Å². The van der Waals surface area contributed by atoms with Gasteiger partial charge in [-0.1, -0.05) is 11.6 Å². The second kappa shape index (κ2) is 9.45. The molecule has 1 N–H and O–H groups in total. The predicted molar refractivity (Wildman–Crippen MR) is 120 cm³/mol. The second-order valence-corrected chi connectivity index (χ2v) is 7.06. The van der Waals surface area contributed by atoms with Crippen LogP contribution in [0.1, 0.15) is 10.4 Å². The number of aromatic nitrogens is 2. The molecule has 0 radical (unpaired) electrons. The second-order valence-electron chi connectivity index (χ2n) is 6.66. The molecule has 3 aromatic carbocycles. The van der Waals surface area contributed by atoms with E-state index in [0.29, 0.717) is 45.0 Å². The number of hydrogen-bond acceptors (Lipinski definition) is 5. The van der Waals surface area contributed by atoms with E-state index in [-0.39, 0.29) is 11.7 Å². The Morgan fingerprint density at radius 1 is 1.00 bits per heavy atom.